The molecule has 0 aromatic rings. The molecule has 1 N–H and O–H groups in total. The summed E-state index contributed by atoms with van der Waals surface area (Å²) in [6, 6.07) is 0. The lowest BCUT2D eigenvalue weighted by Crippen LogP contribution is -2.47. The van der Waals surface area contributed by atoms with Crippen LogP contribution in [-0.4, -0.2) is 48.6 Å². The summed E-state index contributed by atoms with van der Waals surface area (Å²) < 4.78 is 0. The highest BCUT2D eigenvalue weighted by Crippen LogP contribution is 2.35. The van der Waals surface area contributed by atoms with Crippen LogP contribution in [0.25, 0.3) is 0 Å². The molecule has 2 aliphatic heterocycles. The predicted octanol–water partition coefficient (Wildman–Crippen LogP) is 2.06. The number of hydrogen-bond donors (Lipinski definition) is 1. The van der Waals surface area contributed by atoms with E-state index in [0.29, 0.717) is 5.41 Å². The molecule has 2 aliphatic rings. The normalized spacial score (nSPS) is 37.1. The first-order chi connectivity index (χ1) is 7.62. The third-order valence-electron chi connectivity index (χ3n) is 4.37. The Hall–Kier alpha value is 0.270. The van der Waals surface area contributed by atoms with Gasteiger partial charge in [0.2, 0.25) is 0 Å². The lowest BCUT2D eigenvalue weighted by Gasteiger charge is -2.40. The SMILES string of the molecule is CC1CN(CC2(C(C)C)CCNC2)CCS1. The van der Waals surface area contributed by atoms with Gasteiger partial charge in [0.1, 0.15) is 0 Å². The Morgan fingerprint density at radius 2 is 2.31 bits per heavy atom. The second-order valence-electron chi connectivity index (χ2n) is 5.86. The van der Waals surface area contributed by atoms with Crippen molar-refractivity contribution in [2.45, 2.75) is 32.4 Å². The van der Waals surface area contributed by atoms with Crippen molar-refractivity contribution in [1.82, 2.24) is 10.2 Å². The van der Waals surface area contributed by atoms with Crippen molar-refractivity contribution in [3.05, 3.63) is 0 Å². The van der Waals surface area contributed by atoms with Crippen LogP contribution in [-0.2, 0) is 0 Å². The van der Waals surface area contributed by atoms with Crippen LogP contribution in [0, 0.1) is 11.3 Å². The predicted molar refractivity (Wildman–Crippen MR) is 73.1 cm³/mol. The minimum atomic E-state index is 0.543. The molecule has 0 radical (unpaired) electrons. The molecule has 3 heteroatoms. The first-order valence-electron chi connectivity index (χ1n) is 6.67. The summed E-state index contributed by atoms with van der Waals surface area (Å²) in [7, 11) is 0. The molecule has 2 nitrogen and oxygen atoms in total. The lowest BCUT2D eigenvalue weighted by molar-refractivity contribution is 0.121. The quantitative estimate of drug-likeness (QED) is 0.815. The first kappa shape index (κ1) is 12.7. The molecule has 94 valence electrons. The van der Waals surface area contributed by atoms with Crippen LogP contribution < -0.4 is 5.32 Å². The Bertz CT molecular complexity index is 224. The molecule has 0 amide bonds. The largest absolute Gasteiger partial charge is 0.316 e. The molecule has 2 atom stereocenters. The number of nitrogens with one attached hydrogen (secondary N) is 1. The highest BCUT2D eigenvalue weighted by atomic mass is 32.2. The van der Waals surface area contributed by atoms with Gasteiger partial charge in [0, 0.05) is 37.2 Å². The first-order valence-corrected chi connectivity index (χ1v) is 7.72. The molecule has 2 fully saturated rings. The van der Waals surface area contributed by atoms with Crippen molar-refractivity contribution in [1.29, 1.82) is 0 Å². The van der Waals surface area contributed by atoms with E-state index in [-0.39, 0.29) is 0 Å². The highest BCUT2D eigenvalue weighted by molar-refractivity contribution is 7.99. The molecule has 16 heavy (non-hydrogen) atoms. The van der Waals surface area contributed by atoms with Crippen LogP contribution in [0.3, 0.4) is 0 Å². The monoisotopic (exact) mass is 242 g/mol. The van der Waals surface area contributed by atoms with Gasteiger partial charge in [0.05, 0.1) is 0 Å². The van der Waals surface area contributed by atoms with Crippen molar-refractivity contribution in [2.75, 3.05) is 38.5 Å². The van der Waals surface area contributed by atoms with E-state index in [9.17, 15) is 0 Å². The third kappa shape index (κ3) is 2.74. The van der Waals surface area contributed by atoms with E-state index in [1.165, 1.54) is 44.9 Å². The van der Waals surface area contributed by atoms with Gasteiger partial charge in [0.25, 0.3) is 0 Å². The molecule has 0 aliphatic carbocycles. The van der Waals surface area contributed by atoms with Crippen LogP contribution in [0.2, 0.25) is 0 Å². The molecule has 0 aromatic heterocycles. The Morgan fingerprint density at radius 3 is 2.88 bits per heavy atom. The Morgan fingerprint density at radius 1 is 1.50 bits per heavy atom. The molecule has 2 unspecified atom stereocenters. The highest BCUT2D eigenvalue weighted by Gasteiger charge is 2.38. The zero-order chi connectivity index (χ0) is 11.6. The fourth-order valence-corrected chi connectivity index (χ4v) is 4.14. The van der Waals surface area contributed by atoms with Gasteiger partial charge in [-0.1, -0.05) is 20.8 Å². The van der Waals surface area contributed by atoms with E-state index in [2.05, 4.69) is 42.7 Å². The smallest absolute Gasteiger partial charge is 0.0147 e. The summed E-state index contributed by atoms with van der Waals surface area (Å²) in [6.07, 6.45) is 1.36. The summed E-state index contributed by atoms with van der Waals surface area (Å²) in [4.78, 5) is 2.70. The third-order valence-corrected chi connectivity index (χ3v) is 5.50. The number of rotatable bonds is 3. The number of thioether (sulfide) groups is 1. The maximum atomic E-state index is 3.56. The molecule has 2 saturated heterocycles. The Labute approximate surface area is 105 Å². The molecular weight excluding hydrogens is 216 g/mol. The van der Waals surface area contributed by atoms with Gasteiger partial charge in [-0.25, -0.2) is 0 Å². The summed E-state index contributed by atoms with van der Waals surface area (Å²) in [5.41, 5.74) is 0.543. The van der Waals surface area contributed by atoms with Crippen LogP contribution >= 0.6 is 11.8 Å². The molecule has 2 rings (SSSR count). The van der Waals surface area contributed by atoms with E-state index < -0.39 is 0 Å². The Balaban J connectivity index is 1.95. The summed E-state index contributed by atoms with van der Waals surface area (Å²) in [5, 5.41) is 4.39. The fourth-order valence-electron chi connectivity index (χ4n) is 3.05. The van der Waals surface area contributed by atoms with Gasteiger partial charge >= 0.3 is 0 Å². The van der Waals surface area contributed by atoms with Gasteiger partial charge in [0.15, 0.2) is 0 Å². The Kier molecular flexibility index (Phi) is 4.20. The van der Waals surface area contributed by atoms with Crippen molar-refractivity contribution >= 4 is 11.8 Å². The zero-order valence-electron chi connectivity index (χ0n) is 11.0. The van der Waals surface area contributed by atoms with Crippen molar-refractivity contribution in [2.24, 2.45) is 11.3 Å². The summed E-state index contributed by atoms with van der Waals surface area (Å²) in [5.74, 6) is 2.12. The summed E-state index contributed by atoms with van der Waals surface area (Å²) >= 11 is 2.13. The van der Waals surface area contributed by atoms with Crippen LogP contribution in [0.5, 0.6) is 0 Å². The fraction of sp³-hybridized carbons (Fsp3) is 1.00. The van der Waals surface area contributed by atoms with Gasteiger partial charge < -0.3 is 10.2 Å². The molecular formula is C13H26N2S. The maximum absolute atomic E-state index is 3.56. The van der Waals surface area contributed by atoms with Gasteiger partial charge in [-0.15, -0.1) is 0 Å². The minimum Gasteiger partial charge on any atom is -0.316 e. The molecule has 0 saturated carbocycles. The van der Waals surface area contributed by atoms with E-state index in [1.807, 2.05) is 0 Å². The van der Waals surface area contributed by atoms with Crippen molar-refractivity contribution < 1.29 is 0 Å². The van der Waals surface area contributed by atoms with Crippen LogP contribution in [0.4, 0.5) is 0 Å². The van der Waals surface area contributed by atoms with Crippen molar-refractivity contribution in [3.8, 4) is 0 Å². The summed E-state index contributed by atoms with van der Waals surface area (Å²) in [6.45, 7) is 13.5. The van der Waals surface area contributed by atoms with Gasteiger partial charge in [-0.3, -0.25) is 0 Å². The second-order valence-corrected chi connectivity index (χ2v) is 7.41. The standard InChI is InChI=1S/C13H26N2S/c1-11(2)13(4-5-14-9-13)10-15-6-7-16-12(3)8-15/h11-12,14H,4-10H2,1-3H3. The van der Waals surface area contributed by atoms with E-state index in [0.717, 1.165) is 11.2 Å². The van der Waals surface area contributed by atoms with E-state index in [4.69, 9.17) is 0 Å². The van der Waals surface area contributed by atoms with Gasteiger partial charge in [-0.05, 0) is 24.3 Å². The molecule has 0 spiro atoms. The average molecular weight is 242 g/mol. The van der Waals surface area contributed by atoms with E-state index in [1.54, 1.807) is 0 Å². The van der Waals surface area contributed by atoms with Crippen molar-refractivity contribution in [3.63, 3.8) is 0 Å². The number of nitrogens with zero attached hydrogens (tertiary/aromatic N) is 1. The minimum absolute atomic E-state index is 0.543. The zero-order valence-corrected chi connectivity index (χ0v) is 11.8. The molecule has 0 bridgehead atoms. The average Bonchev–Trinajstić information content (AvgIpc) is 2.67. The van der Waals surface area contributed by atoms with Crippen LogP contribution in [0.1, 0.15) is 27.2 Å². The molecule has 0 aromatic carbocycles. The maximum Gasteiger partial charge on any atom is 0.0147 e. The lowest BCUT2D eigenvalue weighted by atomic mass is 9.76. The van der Waals surface area contributed by atoms with Gasteiger partial charge in [-0.2, -0.15) is 11.8 Å². The van der Waals surface area contributed by atoms with E-state index >= 15 is 0 Å². The topological polar surface area (TPSA) is 15.3 Å². The number of hydrogen-bond acceptors (Lipinski definition) is 3. The van der Waals surface area contributed by atoms with Crippen LogP contribution in [0.15, 0.2) is 0 Å². The second kappa shape index (κ2) is 5.28. The molecule has 2 heterocycles.